The van der Waals surface area contributed by atoms with Gasteiger partial charge in [0.25, 0.3) is 0 Å². The SMILES string of the molecule is COc1cc(NC(=O)NCC(C)SC)ccc1C(=O)O. The number of carboxylic acid groups (broad SMARTS) is 1. The lowest BCUT2D eigenvalue weighted by molar-refractivity contribution is 0.0693. The summed E-state index contributed by atoms with van der Waals surface area (Å²) in [5, 5.41) is 14.6. The minimum absolute atomic E-state index is 0.0504. The summed E-state index contributed by atoms with van der Waals surface area (Å²) in [6.07, 6.45) is 1.97. The molecule has 1 aromatic rings. The second-order valence-electron chi connectivity index (χ2n) is 4.10. The molecule has 0 aromatic heterocycles. The Bertz CT molecular complexity index is 493. The van der Waals surface area contributed by atoms with E-state index >= 15 is 0 Å². The zero-order valence-electron chi connectivity index (χ0n) is 11.6. The number of anilines is 1. The molecule has 0 bridgehead atoms. The van der Waals surface area contributed by atoms with Gasteiger partial charge in [0, 0.05) is 23.5 Å². The number of carboxylic acids is 1. The van der Waals surface area contributed by atoms with E-state index in [-0.39, 0.29) is 17.3 Å². The van der Waals surface area contributed by atoms with Gasteiger partial charge in [0.05, 0.1) is 7.11 Å². The highest BCUT2D eigenvalue weighted by molar-refractivity contribution is 7.99. The van der Waals surface area contributed by atoms with Gasteiger partial charge in [0.2, 0.25) is 0 Å². The highest BCUT2D eigenvalue weighted by Gasteiger charge is 2.12. The van der Waals surface area contributed by atoms with Gasteiger partial charge in [-0.2, -0.15) is 11.8 Å². The zero-order valence-corrected chi connectivity index (χ0v) is 12.4. The highest BCUT2D eigenvalue weighted by Crippen LogP contribution is 2.23. The number of benzene rings is 1. The van der Waals surface area contributed by atoms with Crippen LogP contribution in [0.25, 0.3) is 0 Å². The Morgan fingerprint density at radius 2 is 2.15 bits per heavy atom. The Balaban J connectivity index is 2.69. The number of hydrogen-bond acceptors (Lipinski definition) is 4. The van der Waals surface area contributed by atoms with Crippen LogP contribution in [0.2, 0.25) is 0 Å². The van der Waals surface area contributed by atoms with E-state index in [4.69, 9.17) is 9.84 Å². The number of nitrogens with one attached hydrogen (secondary N) is 2. The third kappa shape index (κ3) is 4.65. The van der Waals surface area contributed by atoms with Crippen LogP contribution < -0.4 is 15.4 Å². The smallest absolute Gasteiger partial charge is 0.339 e. The van der Waals surface area contributed by atoms with Crippen LogP contribution in [0.5, 0.6) is 5.75 Å². The molecule has 3 N–H and O–H groups in total. The van der Waals surface area contributed by atoms with Crippen LogP contribution in [0.1, 0.15) is 17.3 Å². The fraction of sp³-hybridized carbons (Fsp3) is 0.385. The number of thioether (sulfide) groups is 1. The van der Waals surface area contributed by atoms with Gasteiger partial charge in [-0.05, 0) is 18.4 Å². The Morgan fingerprint density at radius 3 is 2.70 bits per heavy atom. The topological polar surface area (TPSA) is 87.7 Å². The molecule has 1 rings (SSSR count). The molecule has 110 valence electrons. The molecule has 0 fully saturated rings. The van der Waals surface area contributed by atoms with Gasteiger partial charge in [-0.1, -0.05) is 6.92 Å². The molecule has 1 aromatic carbocycles. The molecule has 2 amide bonds. The van der Waals surface area contributed by atoms with Gasteiger partial charge in [0.1, 0.15) is 11.3 Å². The van der Waals surface area contributed by atoms with E-state index in [9.17, 15) is 9.59 Å². The van der Waals surface area contributed by atoms with Crippen molar-refractivity contribution in [2.24, 2.45) is 0 Å². The zero-order chi connectivity index (χ0) is 15.1. The molecule has 0 aliphatic rings. The molecular weight excluding hydrogens is 280 g/mol. The fourth-order valence-electron chi connectivity index (χ4n) is 1.44. The van der Waals surface area contributed by atoms with Crippen LogP contribution in [0.4, 0.5) is 10.5 Å². The standard InChI is InChI=1S/C13H18N2O4S/c1-8(20-3)7-14-13(18)15-9-4-5-10(12(16)17)11(6-9)19-2/h4-6,8H,7H2,1-3H3,(H,16,17)(H2,14,15,18). The second kappa shape index (κ2) is 7.64. The lowest BCUT2D eigenvalue weighted by Gasteiger charge is -2.12. The molecule has 6 nitrogen and oxygen atoms in total. The molecule has 0 spiro atoms. The van der Waals surface area contributed by atoms with Gasteiger partial charge >= 0.3 is 12.0 Å². The molecule has 0 heterocycles. The van der Waals surface area contributed by atoms with E-state index in [1.807, 2.05) is 13.2 Å². The van der Waals surface area contributed by atoms with E-state index in [1.54, 1.807) is 11.8 Å². The molecule has 20 heavy (non-hydrogen) atoms. The maximum atomic E-state index is 11.7. The summed E-state index contributed by atoms with van der Waals surface area (Å²) in [6, 6.07) is 4.04. The Labute approximate surface area is 121 Å². The number of urea groups is 1. The quantitative estimate of drug-likeness (QED) is 0.750. The van der Waals surface area contributed by atoms with Crippen molar-refractivity contribution in [3.8, 4) is 5.75 Å². The van der Waals surface area contributed by atoms with Gasteiger partial charge in [0.15, 0.2) is 0 Å². The van der Waals surface area contributed by atoms with Crippen molar-refractivity contribution in [3.05, 3.63) is 23.8 Å². The molecule has 1 unspecified atom stereocenters. The maximum absolute atomic E-state index is 11.7. The fourth-order valence-corrected chi connectivity index (χ4v) is 1.69. The highest BCUT2D eigenvalue weighted by atomic mass is 32.2. The van der Waals surface area contributed by atoms with Crippen molar-refractivity contribution < 1.29 is 19.4 Å². The van der Waals surface area contributed by atoms with E-state index in [1.165, 1.54) is 25.3 Å². The molecule has 0 aliphatic carbocycles. The predicted octanol–water partition coefficient (Wildman–Crippen LogP) is 2.27. The summed E-state index contributed by atoms with van der Waals surface area (Å²) in [7, 11) is 1.38. The summed E-state index contributed by atoms with van der Waals surface area (Å²) >= 11 is 1.66. The molecule has 0 aliphatic heterocycles. The first-order valence-electron chi connectivity index (χ1n) is 5.97. The van der Waals surface area contributed by atoms with Crippen molar-refractivity contribution in [2.75, 3.05) is 25.2 Å². The number of aromatic carboxylic acids is 1. The largest absolute Gasteiger partial charge is 0.496 e. The van der Waals surface area contributed by atoms with E-state index in [0.717, 1.165) is 0 Å². The number of hydrogen-bond donors (Lipinski definition) is 3. The average molecular weight is 298 g/mol. The summed E-state index contributed by atoms with van der Waals surface area (Å²) in [6.45, 7) is 2.56. The minimum Gasteiger partial charge on any atom is -0.496 e. The lowest BCUT2D eigenvalue weighted by atomic mass is 10.2. The van der Waals surface area contributed by atoms with Crippen LogP contribution in [0, 0.1) is 0 Å². The van der Waals surface area contributed by atoms with Crippen LogP contribution >= 0.6 is 11.8 Å². The predicted molar refractivity (Wildman–Crippen MR) is 80.0 cm³/mol. The molecule has 7 heteroatoms. The number of ether oxygens (including phenoxy) is 1. The number of carbonyl (C=O) groups is 2. The summed E-state index contributed by atoms with van der Waals surface area (Å²) < 4.78 is 4.99. The summed E-state index contributed by atoms with van der Waals surface area (Å²) in [5.41, 5.74) is 0.524. The average Bonchev–Trinajstić information content (AvgIpc) is 2.44. The van der Waals surface area contributed by atoms with Crippen LogP contribution in [0.3, 0.4) is 0 Å². The van der Waals surface area contributed by atoms with Crippen molar-refractivity contribution in [3.63, 3.8) is 0 Å². The Kier molecular flexibility index (Phi) is 6.17. The normalized spacial score (nSPS) is 11.6. The first kappa shape index (κ1) is 16.2. The number of carbonyl (C=O) groups excluding carboxylic acids is 1. The number of rotatable bonds is 6. The van der Waals surface area contributed by atoms with E-state index in [2.05, 4.69) is 10.6 Å². The second-order valence-corrected chi connectivity index (χ2v) is 5.38. The van der Waals surface area contributed by atoms with Gasteiger partial charge in [-0.3, -0.25) is 0 Å². The first-order chi connectivity index (χ1) is 9.47. The van der Waals surface area contributed by atoms with Crippen LogP contribution in [0.15, 0.2) is 18.2 Å². The Morgan fingerprint density at radius 1 is 1.45 bits per heavy atom. The van der Waals surface area contributed by atoms with Crippen molar-refractivity contribution >= 4 is 29.4 Å². The van der Waals surface area contributed by atoms with Gasteiger partial charge in [-0.25, -0.2) is 9.59 Å². The van der Waals surface area contributed by atoms with Crippen molar-refractivity contribution in [1.29, 1.82) is 0 Å². The first-order valence-corrected chi connectivity index (χ1v) is 7.25. The van der Waals surface area contributed by atoms with Crippen LogP contribution in [-0.4, -0.2) is 42.3 Å². The van der Waals surface area contributed by atoms with Gasteiger partial charge in [-0.15, -0.1) is 0 Å². The minimum atomic E-state index is -1.08. The van der Waals surface area contributed by atoms with Crippen molar-refractivity contribution in [1.82, 2.24) is 5.32 Å². The molecule has 1 atom stereocenters. The lowest BCUT2D eigenvalue weighted by Crippen LogP contribution is -2.33. The van der Waals surface area contributed by atoms with E-state index < -0.39 is 5.97 Å². The summed E-state index contributed by atoms with van der Waals surface area (Å²) in [4.78, 5) is 22.6. The van der Waals surface area contributed by atoms with Crippen molar-refractivity contribution in [2.45, 2.75) is 12.2 Å². The monoisotopic (exact) mass is 298 g/mol. The number of amides is 2. The van der Waals surface area contributed by atoms with Gasteiger partial charge < -0.3 is 20.5 Å². The maximum Gasteiger partial charge on any atom is 0.339 e. The molecule has 0 saturated carbocycles. The summed E-state index contributed by atoms with van der Waals surface area (Å²) in [5.74, 6) is -0.876. The van der Waals surface area contributed by atoms with E-state index in [0.29, 0.717) is 17.5 Å². The molecule has 0 radical (unpaired) electrons. The molecular formula is C13H18N2O4S. The number of methoxy groups -OCH3 is 1. The third-order valence-corrected chi connectivity index (χ3v) is 3.61. The van der Waals surface area contributed by atoms with Crippen LogP contribution in [-0.2, 0) is 0 Å². The Hall–Kier alpha value is -1.89. The third-order valence-electron chi connectivity index (χ3n) is 2.64. The molecule has 0 saturated heterocycles.